The molecule has 96 valence electrons. The molecule has 0 aliphatic rings. The molecule has 2 rings (SSSR count). The Hall–Kier alpha value is -1.13. The summed E-state index contributed by atoms with van der Waals surface area (Å²) in [5.41, 5.74) is 1.72. The first-order chi connectivity index (χ1) is 8.72. The maximum atomic E-state index is 13.7. The van der Waals surface area contributed by atoms with Crippen molar-refractivity contribution in [1.82, 2.24) is 5.32 Å². The van der Waals surface area contributed by atoms with Crippen LogP contribution in [0.4, 0.5) is 4.39 Å². The van der Waals surface area contributed by atoms with Crippen LogP contribution in [-0.4, -0.2) is 6.54 Å². The van der Waals surface area contributed by atoms with Gasteiger partial charge in [-0.25, -0.2) is 4.39 Å². The van der Waals surface area contributed by atoms with E-state index in [-0.39, 0.29) is 11.9 Å². The van der Waals surface area contributed by atoms with Gasteiger partial charge in [0.1, 0.15) is 5.82 Å². The van der Waals surface area contributed by atoms with E-state index in [0.29, 0.717) is 16.7 Å². The predicted molar refractivity (Wildman–Crippen MR) is 72.9 cm³/mol. The lowest BCUT2D eigenvalue weighted by atomic mass is 10.0. The average molecular weight is 312 g/mol. The Morgan fingerprint density at radius 1 is 1.33 bits per heavy atom. The summed E-state index contributed by atoms with van der Waals surface area (Å²) in [7, 11) is 0. The standard InChI is InChI=1S/C14H15BrFNO/c1-2-17-13(11-7-8-18-14(11)15)9-10-5-3-4-6-12(10)16/h3-8,13,17H,2,9H2,1H3. The third-order valence-corrected chi connectivity index (χ3v) is 3.50. The summed E-state index contributed by atoms with van der Waals surface area (Å²) < 4.78 is 19.6. The van der Waals surface area contributed by atoms with E-state index in [1.54, 1.807) is 12.3 Å². The van der Waals surface area contributed by atoms with Gasteiger partial charge in [-0.2, -0.15) is 0 Å². The van der Waals surface area contributed by atoms with Gasteiger partial charge >= 0.3 is 0 Å². The molecule has 0 aliphatic heterocycles. The van der Waals surface area contributed by atoms with E-state index in [4.69, 9.17) is 4.42 Å². The van der Waals surface area contributed by atoms with Gasteiger partial charge in [0.2, 0.25) is 0 Å². The molecule has 18 heavy (non-hydrogen) atoms. The van der Waals surface area contributed by atoms with Crippen molar-refractivity contribution in [2.45, 2.75) is 19.4 Å². The molecule has 2 nitrogen and oxygen atoms in total. The summed E-state index contributed by atoms with van der Waals surface area (Å²) in [5.74, 6) is -0.167. The summed E-state index contributed by atoms with van der Waals surface area (Å²) >= 11 is 3.37. The number of benzene rings is 1. The van der Waals surface area contributed by atoms with Crippen LogP contribution in [0.15, 0.2) is 45.7 Å². The van der Waals surface area contributed by atoms with Gasteiger partial charge < -0.3 is 9.73 Å². The Morgan fingerprint density at radius 3 is 2.72 bits per heavy atom. The van der Waals surface area contributed by atoms with Crippen LogP contribution in [0.5, 0.6) is 0 Å². The lowest BCUT2D eigenvalue weighted by molar-refractivity contribution is 0.499. The molecule has 0 spiro atoms. The first kappa shape index (κ1) is 13.3. The highest BCUT2D eigenvalue weighted by Crippen LogP contribution is 2.27. The molecule has 0 saturated heterocycles. The van der Waals surface area contributed by atoms with Crippen LogP contribution in [0.1, 0.15) is 24.1 Å². The maximum Gasteiger partial charge on any atom is 0.173 e. The molecule has 0 aliphatic carbocycles. The molecule has 0 bridgehead atoms. The van der Waals surface area contributed by atoms with Crippen LogP contribution < -0.4 is 5.32 Å². The molecular weight excluding hydrogens is 297 g/mol. The molecule has 1 N–H and O–H groups in total. The zero-order valence-electron chi connectivity index (χ0n) is 10.1. The molecule has 0 radical (unpaired) electrons. The fourth-order valence-corrected chi connectivity index (χ4v) is 2.49. The highest BCUT2D eigenvalue weighted by atomic mass is 79.9. The predicted octanol–water partition coefficient (Wildman–Crippen LogP) is 4.07. The summed E-state index contributed by atoms with van der Waals surface area (Å²) in [6, 6.07) is 8.80. The molecule has 1 heterocycles. The Kier molecular flexibility index (Phi) is 4.55. The minimum atomic E-state index is -0.167. The summed E-state index contributed by atoms with van der Waals surface area (Å²) in [6.07, 6.45) is 2.23. The molecule has 0 amide bonds. The molecule has 1 atom stereocenters. The normalized spacial score (nSPS) is 12.6. The van der Waals surface area contributed by atoms with Crippen LogP contribution in [0.2, 0.25) is 0 Å². The Morgan fingerprint density at radius 2 is 2.11 bits per heavy atom. The van der Waals surface area contributed by atoms with E-state index in [9.17, 15) is 4.39 Å². The van der Waals surface area contributed by atoms with Gasteiger partial charge in [-0.05, 0) is 46.6 Å². The topological polar surface area (TPSA) is 25.2 Å². The van der Waals surface area contributed by atoms with Crippen molar-refractivity contribution in [2.75, 3.05) is 6.54 Å². The van der Waals surface area contributed by atoms with Crippen molar-refractivity contribution >= 4 is 15.9 Å². The van der Waals surface area contributed by atoms with E-state index in [1.807, 2.05) is 25.1 Å². The van der Waals surface area contributed by atoms with Gasteiger partial charge in [0.05, 0.1) is 6.26 Å². The molecule has 2 aromatic rings. The molecule has 4 heteroatoms. The van der Waals surface area contributed by atoms with Crippen LogP contribution in [0, 0.1) is 5.82 Å². The molecular formula is C14H15BrFNO. The van der Waals surface area contributed by atoms with Crippen LogP contribution in [0.3, 0.4) is 0 Å². The van der Waals surface area contributed by atoms with Crippen LogP contribution in [0.25, 0.3) is 0 Å². The number of hydrogen-bond acceptors (Lipinski definition) is 2. The Labute approximate surface area is 114 Å². The van der Waals surface area contributed by atoms with Crippen LogP contribution in [-0.2, 0) is 6.42 Å². The second-order valence-electron chi connectivity index (χ2n) is 4.06. The number of hydrogen-bond donors (Lipinski definition) is 1. The first-order valence-electron chi connectivity index (χ1n) is 5.92. The largest absolute Gasteiger partial charge is 0.457 e. The zero-order chi connectivity index (χ0) is 13.0. The van der Waals surface area contributed by atoms with Gasteiger partial charge in [-0.1, -0.05) is 25.1 Å². The maximum absolute atomic E-state index is 13.7. The van der Waals surface area contributed by atoms with E-state index in [2.05, 4.69) is 21.2 Å². The van der Waals surface area contributed by atoms with E-state index in [0.717, 1.165) is 12.1 Å². The zero-order valence-corrected chi connectivity index (χ0v) is 11.7. The van der Waals surface area contributed by atoms with Crippen molar-refractivity contribution in [3.63, 3.8) is 0 Å². The molecule has 1 aromatic heterocycles. The summed E-state index contributed by atoms with van der Waals surface area (Å²) in [4.78, 5) is 0. The smallest absolute Gasteiger partial charge is 0.173 e. The second-order valence-corrected chi connectivity index (χ2v) is 4.78. The third kappa shape index (κ3) is 3.00. The summed E-state index contributed by atoms with van der Waals surface area (Å²) in [5, 5.41) is 3.34. The highest BCUT2D eigenvalue weighted by molar-refractivity contribution is 9.10. The lowest BCUT2D eigenvalue weighted by Gasteiger charge is -2.17. The number of rotatable bonds is 5. The van der Waals surface area contributed by atoms with Crippen LogP contribution >= 0.6 is 15.9 Å². The number of nitrogens with one attached hydrogen (secondary N) is 1. The minimum absolute atomic E-state index is 0.0417. The number of furan rings is 1. The average Bonchev–Trinajstić information content (AvgIpc) is 2.78. The van der Waals surface area contributed by atoms with E-state index in [1.165, 1.54) is 6.07 Å². The van der Waals surface area contributed by atoms with E-state index >= 15 is 0 Å². The third-order valence-electron chi connectivity index (χ3n) is 2.85. The molecule has 0 fully saturated rings. The van der Waals surface area contributed by atoms with Gasteiger partial charge in [0, 0.05) is 11.6 Å². The number of halogens is 2. The molecule has 0 saturated carbocycles. The lowest BCUT2D eigenvalue weighted by Crippen LogP contribution is -2.23. The Bertz CT molecular complexity index is 512. The van der Waals surface area contributed by atoms with Crippen molar-refractivity contribution in [2.24, 2.45) is 0 Å². The SMILES string of the molecule is CCNC(Cc1ccccc1F)c1ccoc1Br. The minimum Gasteiger partial charge on any atom is -0.457 e. The van der Waals surface area contributed by atoms with E-state index < -0.39 is 0 Å². The van der Waals surface area contributed by atoms with Gasteiger partial charge in [0.15, 0.2) is 4.67 Å². The van der Waals surface area contributed by atoms with Gasteiger partial charge in [-0.3, -0.25) is 0 Å². The second kappa shape index (κ2) is 6.16. The quantitative estimate of drug-likeness (QED) is 0.900. The first-order valence-corrected chi connectivity index (χ1v) is 6.71. The number of likely N-dealkylation sites (N-methyl/N-ethyl adjacent to an activating group) is 1. The summed E-state index contributed by atoms with van der Waals surface area (Å²) in [6.45, 7) is 2.85. The molecule has 1 unspecified atom stereocenters. The highest BCUT2D eigenvalue weighted by Gasteiger charge is 2.17. The van der Waals surface area contributed by atoms with Crippen molar-refractivity contribution < 1.29 is 8.81 Å². The van der Waals surface area contributed by atoms with Crippen molar-refractivity contribution in [1.29, 1.82) is 0 Å². The molecule has 1 aromatic carbocycles. The van der Waals surface area contributed by atoms with Gasteiger partial charge in [-0.15, -0.1) is 0 Å². The fraction of sp³-hybridized carbons (Fsp3) is 0.286. The van der Waals surface area contributed by atoms with Crippen molar-refractivity contribution in [3.05, 3.63) is 58.2 Å². The monoisotopic (exact) mass is 311 g/mol. The Balaban J connectivity index is 2.22. The van der Waals surface area contributed by atoms with Gasteiger partial charge in [0.25, 0.3) is 0 Å². The fourth-order valence-electron chi connectivity index (χ4n) is 1.98. The van der Waals surface area contributed by atoms with Crippen molar-refractivity contribution in [3.8, 4) is 0 Å².